The van der Waals surface area contributed by atoms with E-state index in [0.29, 0.717) is 31.8 Å². The monoisotopic (exact) mass is 441 g/mol. The van der Waals surface area contributed by atoms with Gasteiger partial charge >= 0.3 is 6.18 Å². The zero-order valence-electron chi connectivity index (χ0n) is 18.4. The van der Waals surface area contributed by atoms with Crippen LogP contribution in [0.15, 0.2) is 29.3 Å². The van der Waals surface area contributed by atoms with Crippen molar-refractivity contribution in [2.75, 3.05) is 59.5 Å². The Morgan fingerprint density at radius 1 is 1.16 bits per heavy atom. The lowest BCUT2D eigenvalue weighted by molar-refractivity contribution is -0.137. The van der Waals surface area contributed by atoms with Crippen molar-refractivity contribution in [1.82, 2.24) is 20.4 Å². The number of aliphatic imine (C=N–C) groups is 1. The molecule has 3 rings (SSSR count). The number of rotatable bonds is 7. The van der Waals surface area contributed by atoms with Crippen molar-refractivity contribution in [2.24, 2.45) is 4.99 Å². The molecule has 0 amide bonds. The van der Waals surface area contributed by atoms with Crippen molar-refractivity contribution < 1.29 is 17.9 Å². The van der Waals surface area contributed by atoms with Crippen molar-refractivity contribution in [3.05, 3.63) is 35.4 Å². The van der Waals surface area contributed by atoms with Gasteiger partial charge in [0, 0.05) is 39.3 Å². The Balaban J connectivity index is 1.64. The molecular weight excluding hydrogens is 407 g/mol. The lowest BCUT2D eigenvalue weighted by Gasteiger charge is -2.35. The molecule has 0 aliphatic carbocycles. The Morgan fingerprint density at radius 2 is 1.87 bits per heavy atom. The summed E-state index contributed by atoms with van der Waals surface area (Å²) in [5.41, 5.74) is 0.227. The number of morpholine rings is 1. The Bertz CT molecular complexity index is 704. The van der Waals surface area contributed by atoms with Gasteiger partial charge in [0.1, 0.15) is 0 Å². The molecule has 0 aromatic heterocycles. The summed E-state index contributed by atoms with van der Waals surface area (Å²) in [4.78, 5) is 9.06. The van der Waals surface area contributed by atoms with Gasteiger partial charge in [-0.25, -0.2) is 0 Å². The van der Waals surface area contributed by atoms with Crippen molar-refractivity contribution >= 4 is 5.96 Å². The van der Waals surface area contributed by atoms with E-state index in [2.05, 4.69) is 32.3 Å². The molecule has 2 unspecified atom stereocenters. The molecule has 2 N–H and O–H groups in total. The summed E-state index contributed by atoms with van der Waals surface area (Å²) in [6, 6.07) is 5.93. The van der Waals surface area contributed by atoms with E-state index in [-0.39, 0.29) is 6.04 Å². The molecule has 0 spiro atoms. The minimum atomic E-state index is -4.33. The van der Waals surface area contributed by atoms with E-state index in [1.54, 1.807) is 19.2 Å². The van der Waals surface area contributed by atoms with Crippen LogP contribution in [0.25, 0.3) is 0 Å². The molecule has 0 radical (unpaired) electrons. The fraction of sp³-hybridized carbons (Fsp3) is 0.682. The fourth-order valence-electron chi connectivity index (χ4n) is 4.41. The minimum absolute atomic E-state index is 0.0663. The molecule has 6 nitrogen and oxygen atoms in total. The summed E-state index contributed by atoms with van der Waals surface area (Å²) in [7, 11) is 1.74. The number of halogens is 3. The lowest BCUT2D eigenvalue weighted by atomic mass is 10.0. The predicted octanol–water partition coefficient (Wildman–Crippen LogP) is 2.73. The van der Waals surface area contributed by atoms with Gasteiger partial charge in [-0.1, -0.05) is 19.1 Å². The van der Waals surface area contributed by atoms with Gasteiger partial charge in [0.05, 0.1) is 24.8 Å². The van der Waals surface area contributed by atoms with Crippen LogP contribution in [0.4, 0.5) is 13.2 Å². The highest BCUT2D eigenvalue weighted by atomic mass is 19.4. The Labute approximate surface area is 182 Å². The van der Waals surface area contributed by atoms with Crippen LogP contribution in [0.5, 0.6) is 0 Å². The second-order valence-electron chi connectivity index (χ2n) is 8.04. The highest BCUT2D eigenvalue weighted by Crippen LogP contribution is 2.31. The summed E-state index contributed by atoms with van der Waals surface area (Å²) < 4.78 is 44.4. The molecular formula is C22H34F3N5O. The van der Waals surface area contributed by atoms with E-state index in [1.165, 1.54) is 12.8 Å². The van der Waals surface area contributed by atoms with Crippen molar-refractivity contribution in [1.29, 1.82) is 0 Å². The van der Waals surface area contributed by atoms with E-state index >= 15 is 0 Å². The second kappa shape index (κ2) is 11.2. The van der Waals surface area contributed by atoms with Crippen molar-refractivity contribution in [3.8, 4) is 0 Å². The summed E-state index contributed by atoms with van der Waals surface area (Å²) >= 11 is 0. The molecule has 1 aromatic carbocycles. The molecule has 1 aromatic rings. The first kappa shape index (κ1) is 23.8. The average Bonchev–Trinajstić information content (AvgIpc) is 3.24. The highest BCUT2D eigenvalue weighted by Gasteiger charge is 2.31. The average molecular weight is 442 g/mol. The molecule has 0 saturated carbocycles. The number of ether oxygens (including phenoxy) is 1. The topological polar surface area (TPSA) is 52.1 Å². The van der Waals surface area contributed by atoms with Crippen LogP contribution in [0.1, 0.15) is 36.9 Å². The molecule has 9 heteroatoms. The fourth-order valence-corrected chi connectivity index (χ4v) is 4.41. The highest BCUT2D eigenvalue weighted by molar-refractivity contribution is 5.79. The summed E-state index contributed by atoms with van der Waals surface area (Å²) in [6.07, 6.45) is -1.93. The largest absolute Gasteiger partial charge is 0.416 e. The Morgan fingerprint density at radius 3 is 2.48 bits per heavy atom. The van der Waals surface area contributed by atoms with E-state index in [0.717, 1.165) is 50.4 Å². The second-order valence-corrected chi connectivity index (χ2v) is 8.04. The molecule has 2 aliphatic heterocycles. The first-order valence-corrected chi connectivity index (χ1v) is 11.1. The molecule has 174 valence electrons. The van der Waals surface area contributed by atoms with Gasteiger partial charge in [0.2, 0.25) is 0 Å². The maximum atomic E-state index is 13.0. The zero-order valence-corrected chi connectivity index (χ0v) is 18.4. The van der Waals surface area contributed by atoms with Crippen molar-refractivity contribution in [3.63, 3.8) is 0 Å². The van der Waals surface area contributed by atoms with Crippen molar-refractivity contribution in [2.45, 2.75) is 38.0 Å². The van der Waals surface area contributed by atoms with Gasteiger partial charge in [-0.15, -0.1) is 0 Å². The number of guanidine groups is 1. The van der Waals surface area contributed by atoms with Gasteiger partial charge < -0.3 is 15.4 Å². The molecule has 2 atom stereocenters. The van der Waals surface area contributed by atoms with E-state index in [1.807, 2.05) is 0 Å². The molecule has 2 saturated heterocycles. The maximum Gasteiger partial charge on any atom is 0.416 e. The Kier molecular flexibility index (Phi) is 8.57. The van der Waals surface area contributed by atoms with E-state index in [9.17, 15) is 13.2 Å². The van der Waals surface area contributed by atoms with Crippen LogP contribution in [0.2, 0.25) is 0 Å². The predicted molar refractivity (Wildman–Crippen MR) is 116 cm³/mol. The maximum absolute atomic E-state index is 13.0. The molecule has 2 aliphatic rings. The quantitative estimate of drug-likeness (QED) is 0.504. The zero-order chi connectivity index (χ0) is 22.3. The third-order valence-electron chi connectivity index (χ3n) is 6.21. The summed E-state index contributed by atoms with van der Waals surface area (Å²) in [5, 5.41) is 6.80. The number of hydrogen-bond donors (Lipinski definition) is 2. The standard InChI is InChI=1S/C22H34F3N5O/c1-3-29-10-4-5-19(29)15-27-21(26-2)28-16-20(30-11-13-31-14-12-30)17-6-8-18(9-7-17)22(23,24)25/h6-9,19-20H,3-5,10-16H2,1-2H3,(H2,26,27,28). The molecule has 0 bridgehead atoms. The minimum Gasteiger partial charge on any atom is -0.379 e. The van der Waals surface area contributed by atoms with Crippen LogP contribution in [-0.4, -0.2) is 81.3 Å². The van der Waals surface area contributed by atoms with E-state index < -0.39 is 11.7 Å². The van der Waals surface area contributed by atoms with Crippen LogP contribution in [-0.2, 0) is 10.9 Å². The summed E-state index contributed by atoms with van der Waals surface area (Å²) in [6.45, 7) is 8.48. The van der Waals surface area contributed by atoms with Gasteiger partial charge in [0.15, 0.2) is 5.96 Å². The lowest BCUT2D eigenvalue weighted by Crippen LogP contribution is -2.48. The number of benzene rings is 1. The number of nitrogens with one attached hydrogen (secondary N) is 2. The Hall–Kier alpha value is -1.84. The van der Waals surface area contributed by atoms with Crippen LogP contribution >= 0.6 is 0 Å². The van der Waals surface area contributed by atoms with Crippen LogP contribution in [0, 0.1) is 0 Å². The van der Waals surface area contributed by atoms with Crippen LogP contribution < -0.4 is 10.6 Å². The number of likely N-dealkylation sites (N-methyl/N-ethyl adjacent to an activating group) is 1. The molecule has 31 heavy (non-hydrogen) atoms. The normalized spacial score (nSPS) is 22.5. The number of alkyl halides is 3. The van der Waals surface area contributed by atoms with Gasteiger partial charge in [0.25, 0.3) is 0 Å². The number of hydrogen-bond acceptors (Lipinski definition) is 4. The smallest absolute Gasteiger partial charge is 0.379 e. The summed E-state index contributed by atoms with van der Waals surface area (Å²) in [5.74, 6) is 0.716. The molecule has 2 fully saturated rings. The third kappa shape index (κ3) is 6.57. The van der Waals surface area contributed by atoms with Gasteiger partial charge in [-0.2, -0.15) is 13.2 Å². The third-order valence-corrected chi connectivity index (χ3v) is 6.21. The van der Waals surface area contributed by atoms with Gasteiger partial charge in [-0.05, 0) is 43.6 Å². The first-order valence-electron chi connectivity index (χ1n) is 11.1. The number of likely N-dealkylation sites (tertiary alicyclic amines) is 1. The first-order chi connectivity index (χ1) is 14.9. The van der Waals surface area contributed by atoms with E-state index in [4.69, 9.17) is 4.74 Å². The van der Waals surface area contributed by atoms with Gasteiger partial charge in [-0.3, -0.25) is 14.8 Å². The van der Waals surface area contributed by atoms with Crippen LogP contribution in [0.3, 0.4) is 0 Å². The molecule has 2 heterocycles. The SMILES string of the molecule is CCN1CCCC1CNC(=NC)NCC(c1ccc(C(F)(F)F)cc1)N1CCOCC1. The number of nitrogens with zero attached hydrogens (tertiary/aromatic N) is 3.